The molecule has 0 spiro atoms. The Labute approximate surface area is 488 Å². The van der Waals surface area contributed by atoms with Gasteiger partial charge in [0.2, 0.25) is 5.78 Å². The number of hydrogen-bond donors (Lipinski definition) is 6. The molecule has 24 nitrogen and oxygen atoms in total. The van der Waals surface area contributed by atoms with E-state index in [1.807, 2.05) is 51.8 Å². The van der Waals surface area contributed by atoms with Crippen LogP contribution in [0.2, 0.25) is 0 Å². The van der Waals surface area contributed by atoms with Crippen LogP contribution in [-0.2, 0) is 66.4 Å². The molecular weight excluding hydrogens is 1100 g/mol. The van der Waals surface area contributed by atoms with E-state index in [0.717, 1.165) is 0 Å². The molecule has 7 saturated heterocycles. The maximum absolute atomic E-state index is 14.6. The first-order chi connectivity index (χ1) is 39.8. The van der Waals surface area contributed by atoms with Crippen LogP contribution in [0.3, 0.4) is 0 Å². The number of ether oxygens (including phenoxy) is 13. The monoisotopic (exact) mass is 1180 g/mol. The van der Waals surface area contributed by atoms with Crippen molar-refractivity contribution in [1.82, 2.24) is 9.80 Å². The van der Waals surface area contributed by atoms with Crippen molar-refractivity contribution in [2.24, 2.45) is 0 Å². The molecule has 2 aliphatic carbocycles. The first-order valence-electron chi connectivity index (χ1n) is 29.8. The van der Waals surface area contributed by atoms with Crippen molar-refractivity contribution in [2.45, 2.75) is 259 Å². The fourth-order valence-corrected chi connectivity index (χ4v) is 14.1. The molecule has 25 atom stereocenters. The van der Waals surface area contributed by atoms with Crippen molar-refractivity contribution in [3.63, 3.8) is 0 Å². The van der Waals surface area contributed by atoms with Crippen LogP contribution in [0.5, 0.6) is 17.2 Å². The highest BCUT2D eigenvalue weighted by Gasteiger charge is 2.56. The molecule has 2 aromatic carbocycles. The molecule has 2 aromatic rings. The minimum absolute atomic E-state index is 0.000665. The van der Waals surface area contributed by atoms with E-state index in [2.05, 4.69) is 0 Å². The number of benzene rings is 2. The van der Waals surface area contributed by atoms with E-state index in [1.165, 1.54) is 18.2 Å². The molecule has 0 aromatic heterocycles. The molecule has 11 rings (SSSR count). The first kappa shape index (κ1) is 61.8. The predicted molar refractivity (Wildman–Crippen MR) is 291 cm³/mol. The number of ketones is 3. The number of aliphatic hydroxyl groups is 3. The van der Waals surface area contributed by atoms with Gasteiger partial charge in [0.15, 0.2) is 49.3 Å². The molecule has 7 heterocycles. The van der Waals surface area contributed by atoms with E-state index in [0.29, 0.717) is 19.3 Å². The van der Waals surface area contributed by atoms with Gasteiger partial charge in [0, 0.05) is 73.7 Å². The van der Waals surface area contributed by atoms with E-state index >= 15 is 0 Å². The van der Waals surface area contributed by atoms with E-state index in [-0.39, 0.29) is 66.6 Å². The minimum Gasteiger partial charge on any atom is -0.507 e. The summed E-state index contributed by atoms with van der Waals surface area (Å²) in [6.45, 7) is 12.5. The number of phenolic OH excluding ortho intramolecular Hbond substituents is 3. The number of carbonyl (C=O) groups is 3. The normalized spacial score (nSPS) is 43.4. The van der Waals surface area contributed by atoms with Gasteiger partial charge in [-0.1, -0.05) is 19.1 Å². The number of fused-ring (bicyclic) bond motifs is 5. The number of aromatic hydroxyl groups is 3. The third kappa shape index (κ3) is 11.5. The number of carbonyl (C=O) groups excluding carboxylic acids is 3. The van der Waals surface area contributed by atoms with Crippen LogP contribution >= 0.6 is 0 Å². The number of Topliss-reactive ketones (excluding diaryl/α,β-unsaturated/α-hetero) is 1. The summed E-state index contributed by atoms with van der Waals surface area (Å²) in [5.74, 6) is -3.74. The Kier molecular flexibility index (Phi) is 17.8. The van der Waals surface area contributed by atoms with Gasteiger partial charge in [-0.05, 0) is 88.6 Å². The molecule has 7 aliphatic heterocycles. The fourth-order valence-electron chi connectivity index (χ4n) is 14.1. The first-order valence-corrected chi connectivity index (χ1v) is 29.8. The second kappa shape index (κ2) is 24.3. The number of phenols is 3. The number of rotatable bonds is 13. The van der Waals surface area contributed by atoms with Crippen molar-refractivity contribution in [3.05, 3.63) is 51.6 Å². The van der Waals surface area contributed by atoms with Crippen LogP contribution in [0.1, 0.15) is 161 Å². The van der Waals surface area contributed by atoms with Gasteiger partial charge < -0.3 is 102 Å². The van der Waals surface area contributed by atoms with E-state index in [1.54, 1.807) is 34.6 Å². The summed E-state index contributed by atoms with van der Waals surface area (Å²) in [6, 6.07) is 3.19. The molecule has 9 aliphatic rings. The van der Waals surface area contributed by atoms with Crippen LogP contribution in [0.25, 0.3) is 0 Å². The molecule has 84 heavy (non-hydrogen) atoms. The smallest absolute Gasteiger partial charge is 0.202 e. The summed E-state index contributed by atoms with van der Waals surface area (Å²) in [4.78, 5) is 45.6. The highest BCUT2D eigenvalue weighted by molar-refractivity contribution is 6.31. The Morgan fingerprint density at radius 3 is 1.75 bits per heavy atom. The third-order valence-electron chi connectivity index (χ3n) is 18.9. The van der Waals surface area contributed by atoms with Crippen LogP contribution in [0.15, 0.2) is 18.2 Å². The fraction of sp³-hybridized carbons (Fsp3) is 0.750. The zero-order valence-corrected chi connectivity index (χ0v) is 49.6. The topological polar surface area (TPSA) is 299 Å². The quantitative estimate of drug-likeness (QED) is 0.132. The number of nitrogens with zero attached hydrogens (tertiary/aromatic N) is 2. The van der Waals surface area contributed by atoms with Gasteiger partial charge in [-0.25, -0.2) is 0 Å². The Balaban J connectivity index is 0.846. The zero-order chi connectivity index (χ0) is 60.1. The van der Waals surface area contributed by atoms with Gasteiger partial charge in [-0.15, -0.1) is 0 Å². The lowest BCUT2D eigenvalue weighted by Crippen LogP contribution is -2.62. The summed E-state index contributed by atoms with van der Waals surface area (Å²) < 4.78 is 83.8. The Bertz CT molecular complexity index is 2760. The lowest BCUT2D eigenvalue weighted by molar-refractivity contribution is -0.372. The molecular formula is C60H84N2O22. The van der Waals surface area contributed by atoms with Gasteiger partial charge in [-0.2, -0.15) is 0 Å². The summed E-state index contributed by atoms with van der Waals surface area (Å²) in [7, 11) is 7.51. The van der Waals surface area contributed by atoms with Gasteiger partial charge in [0.1, 0.15) is 60.0 Å². The van der Waals surface area contributed by atoms with Crippen LogP contribution in [0, 0.1) is 0 Å². The largest absolute Gasteiger partial charge is 0.507 e. The molecule has 0 radical (unpaired) electrons. The number of aliphatic hydroxyl groups excluding tert-OH is 2. The Morgan fingerprint density at radius 2 is 1.13 bits per heavy atom. The summed E-state index contributed by atoms with van der Waals surface area (Å²) in [6.07, 6.45) is -14.8. The average Bonchev–Trinajstić information content (AvgIpc) is 1.92. The van der Waals surface area contributed by atoms with Crippen molar-refractivity contribution in [3.8, 4) is 17.2 Å². The molecule has 24 heteroatoms. The van der Waals surface area contributed by atoms with E-state index in [9.17, 15) is 45.0 Å². The predicted octanol–water partition coefficient (Wildman–Crippen LogP) is 3.90. The highest BCUT2D eigenvalue weighted by atomic mass is 16.8. The standard InChI is InChI=1S/C60H84N2O22/c1-12-60(71)23-39(79-41-18-31(61(8)9)54(26(4)73-41)81-43-21-36(66)56(28(6)75-43)80-40-17-16-33(63)24(2)72-40)46-49(53(70)47-48(52(46)69)51(68)45-30(50(47)67)14-13-15-34(45)64)58(60)83-42-19-32(62(10)11)55(27(5)74-42)82-44-22-37-57(29(7)76-44)84-59-38(78-37)20-35(65)25(3)77-59/h13-15,24-29,31-33,36-44,54-59,63-64,66,69-71H,12,16-23H2,1-11H3/t24-,25-,26-,27-,28-,29-,31-,32-,33-,36-,37-,38+,39+,40-,41+,42+,43+,44+,54-,55-,56+,57+,58-,59-,60+/m1/s1. The summed E-state index contributed by atoms with van der Waals surface area (Å²) in [5.41, 5.74) is -3.83. The Hall–Kier alpha value is -3.87. The van der Waals surface area contributed by atoms with Gasteiger partial charge in [-0.3, -0.25) is 14.4 Å². The van der Waals surface area contributed by atoms with Crippen LogP contribution < -0.4 is 0 Å². The number of hydrogen-bond acceptors (Lipinski definition) is 24. The van der Waals surface area contributed by atoms with Crippen molar-refractivity contribution >= 4 is 17.3 Å². The van der Waals surface area contributed by atoms with Crippen molar-refractivity contribution < 1.29 is 107 Å². The highest BCUT2D eigenvalue weighted by Crippen LogP contribution is 2.58. The summed E-state index contributed by atoms with van der Waals surface area (Å²) in [5, 5.41) is 71.0. The molecule has 466 valence electrons. The maximum atomic E-state index is 14.6. The van der Waals surface area contributed by atoms with E-state index in [4.69, 9.17) is 61.6 Å². The molecule has 0 saturated carbocycles. The number of likely N-dealkylation sites (N-methyl/N-ethyl adjacent to an activating group) is 2. The molecule has 0 bridgehead atoms. The maximum Gasteiger partial charge on any atom is 0.202 e. The second-order valence-electron chi connectivity index (χ2n) is 24.9. The Morgan fingerprint density at radius 1 is 0.571 bits per heavy atom. The molecule has 0 amide bonds. The van der Waals surface area contributed by atoms with Crippen molar-refractivity contribution in [1.29, 1.82) is 0 Å². The van der Waals surface area contributed by atoms with Crippen LogP contribution in [0.4, 0.5) is 0 Å². The third-order valence-corrected chi connectivity index (χ3v) is 18.9. The summed E-state index contributed by atoms with van der Waals surface area (Å²) >= 11 is 0. The molecule has 6 N–H and O–H groups in total. The molecule has 7 fully saturated rings. The second-order valence-corrected chi connectivity index (χ2v) is 24.9. The minimum atomic E-state index is -1.90. The lowest BCUT2D eigenvalue weighted by Gasteiger charge is -2.51. The lowest BCUT2D eigenvalue weighted by atomic mass is 9.70. The van der Waals surface area contributed by atoms with Crippen LogP contribution in [-0.4, -0.2) is 227 Å². The SMILES string of the molecule is CC[C@]1(O)C[C@H](O[C@H]2C[C@@H](N(C)C)[C@H](O[C@H]3C[C@@H](O)[C@@H](O[C@@H]4CC[C@@H](O)[C@@H](C)O4)[C@@H](C)O3)[C@@H](C)O2)c2c(O)c3c(c(O)c2[C@H]1O[C@H]1C[C@@H](N(C)C)[C@H](O[C@H]2C[C@H]4O[C@H]5CC(=O)[C@@H](C)O[C@@H]5O[C@H]4[C@@H](C)O2)[C@@H](C)O1)C(=O)c1cccc(O)c1C3=O. The van der Waals surface area contributed by atoms with Crippen molar-refractivity contribution in [2.75, 3.05) is 28.2 Å². The van der Waals surface area contributed by atoms with Gasteiger partial charge in [0.05, 0.1) is 77.2 Å². The van der Waals surface area contributed by atoms with E-state index < -0.39 is 193 Å². The molecule has 0 unspecified atom stereocenters. The zero-order valence-electron chi connectivity index (χ0n) is 49.6. The van der Waals surface area contributed by atoms with Gasteiger partial charge in [0.25, 0.3) is 0 Å². The average molecular weight is 1190 g/mol. The van der Waals surface area contributed by atoms with Gasteiger partial charge >= 0.3 is 0 Å².